The minimum absolute atomic E-state index is 0.571. The summed E-state index contributed by atoms with van der Waals surface area (Å²) < 4.78 is 11.3. The number of rotatable bonds is 7. The molecule has 31 heavy (non-hydrogen) atoms. The monoisotopic (exact) mass is 414 g/mol. The molecule has 1 N–H and O–H groups in total. The Morgan fingerprint density at radius 1 is 1.26 bits per heavy atom. The number of H-pyrrole nitrogens is 1. The van der Waals surface area contributed by atoms with Crippen molar-refractivity contribution in [3.63, 3.8) is 0 Å². The molecule has 0 bridgehead atoms. The van der Waals surface area contributed by atoms with Crippen LogP contribution in [0.4, 0.5) is 0 Å². The molecule has 6 nitrogen and oxygen atoms in total. The van der Waals surface area contributed by atoms with Crippen LogP contribution in [0.25, 0.3) is 28.2 Å². The van der Waals surface area contributed by atoms with Gasteiger partial charge >= 0.3 is 0 Å². The average molecular weight is 415 g/mol. The molecule has 2 aliphatic rings. The second-order valence-corrected chi connectivity index (χ2v) is 8.26. The van der Waals surface area contributed by atoms with E-state index in [1.54, 1.807) is 0 Å². The van der Waals surface area contributed by atoms with Gasteiger partial charge in [-0.1, -0.05) is 18.2 Å². The van der Waals surface area contributed by atoms with E-state index in [-0.39, 0.29) is 0 Å². The molecule has 0 amide bonds. The van der Waals surface area contributed by atoms with Crippen LogP contribution in [0, 0.1) is 17.2 Å². The number of aromatic amines is 1. The summed E-state index contributed by atoms with van der Waals surface area (Å²) in [5, 5.41) is 10.7. The molecule has 158 valence electrons. The molecule has 0 unspecified atom stereocenters. The van der Waals surface area contributed by atoms with E-state index in [0.29, 0.717) is 23.8 Å². The summed E-state index contributed by atoms with van der Waals surface area (Å²) in [7, 11) is 0. The number of aromatic nitrogens is 2. The summed E-state index contributed by atoms with van der Waals surface area (Å²) in [4.78, 5) is 10.2. The third kappa shape index (κ3) is 4.63. The molecule has 1 aromatic carbocycles. The normalized spacial score (nSPS) is 17.3. The van der Waals surface area contributed by atoms with E-state index in [4.69, 9.17) is 9.47 Å². The third-order valence-electron chi connectivity index (χ3n) is 5.91. The van der Waals surface area contributed by atoms with Crippen molar-refractivity contribution in [2.24, 2.45) is 5.92 Å². The Bertz CT molecular complexity index is 1130. The van der Waals surface area contributed by atoms with Crippen LogP contribution in [0.3, 0.4) is 0 Å². The number of ether oxygens (including phenoxy) is 2. The van der Waals surface area contributed by atoms with Gasteiger partial charge in [-0.15, -0.1) is 0 Å². The first-order valence-corrected chi connectivity index (χ1v) is 10.9. The number of fused-ring (bicyclic) bond motifs is 1. The topological polar surface area (TPSA) is 74.2 Å². The number of hydrogen-bond donors (Lipinski definition) is 1. The predicted octanol–water partition coefficient (Wildman–Crippen LogP) is 4.24. The molecule has 2 fully saturated rings. The lowest BCUT2D eigenvalue weighted by molar-refractivity contribution is 0.0435. The fourth-order valence-electron chi connectivity index (χ4n) is 3.87. The fourth-order valence-corrected chi connectivity index (χ4v) is 3.87. The third-order valence-corrected chi connectivity index (χ3v) is 5.91. The summed E-state index contributed by atoms with van der Waals surface area (Å²) in [5.74, 6) is 1.32. The highest BCUT2D eigenvalue weighted by atomic mass is 16.5. The number of nitrogens with zero attached hydrogens (tertiary/aromatic N) is 3. The van der Waals surface area contributed by atoms with E-state index >= 15 is 0 Å². The Morgan fingerprint density at radius 2 is 2.13 bits per heavy atom. The van der Waals surface area contributed by atoms with Gasteiger partial charge in [0.05, 0.1) is 25.4 Å². The molecule has 0 radical (unpaired) electrons. The highest BCUT2D eigenvalue weighted by Gasteiger charge is 2.22. The van der Waals surface area contributed by atoms with Gasteiger partial charge in [-0.05, 0) is 48.1 Å². The van der Waals surface area contributed by atoms with E-state index in [0.717, 1.165) is 60.6 Å². The number of pyridine rings is 1. The van der Waals surface area contributed by atoms with Gasteiger partial charge in [-0.2, -0.15) is 5.26 Å². The second-order valence-electron chi connectivity index (χ2n) is 8.26. The van der Waals surface area contributed by atoms with Crippen LogP contribution in [-0.4, -0.2) is 54.3 Å². The van der Waals surface area contributed by atoms with Gasteiger partial charge in [0.15, 0.2) is 0 Å². The lowest BCUT2D eigenvalue weighted by Gasteiger charge is -2.25. The lowest BCUT2D eigenvalue weighted by Crippen LogP contribution is -2.36. The van der Waals surface area contributed by atoms with Gasteiger partial charge < -0.3 is 14.5 Å². The maximum atomic E-state index is 9.61. The Labute approximate surface area is 182 Å². The Hall–Kier alpha value is -3.14. The number of morpholine rings is 1. The summed E-state index contributed by atoms with van der Waals surface area (Å²) in [5.41, 5.74) is 4.50. The molecule has 3 aromatic rings. The van der Waals surface area contributed by atoms with Crippen molar-refractivity contribution in [3.8, 4) is 22.9 Å². The van der Waals surface area contributed by atoms with Crippen molar-refractivity contribution in [3.05, 3.63) is 53.9 Å². The standard InChI is InChI=1S/C25H26N4O2/c26-14-21-13-20(5-6-24(21)31-17-18-3-4-18)23-16-28-25-22(23)12-19(15-27-25)2-1-7-29-8-10-30-11-9-29/h1-2,5-6,12-13,15-16,18H,3-4,7-11,17H2,(H,27,28). The van der Waals surface area contributed by atoms with Crippen LogP contribution >= 0.6 is 0 Å². The summed E-state index contributed by atoms with van der Waals surface area (Å²) >= 11 is 0. The van der Waals surface area contributed by atoms with Crippen LogP contribution in [-0.2, 0) is 4.74 Å². The van der Waals surface area contributed by atoms with E-state index in [1.165, 1.54) is 12.8 Å². The quantitative estimate of drug-likeness (QED) is 0.626. The minimum atomic E-state index is 0.571. The SMILES string of the molecule is N#Cc1cc(-c2c[nH]c3ncc(C=CCN4CCOCC4)cc23)ccc1OCC1CC1. The molecular formula is C25H26N4O2. The van der Waals surface area contributed by atoms with Gasteiger partial charge in [-0.25, -0.2) is 4.98 Å². The number of hydrogen-bond acceptors (Lipinski definition) is 5. The first kappa shape index (κ1) is 19.8. The Morgan fingerprint density at radius 3 is 2.94 bits per heavy atom. The predicted molar refractivity (Wildman–Crippen MR) is 121 cm³/mol. The molecule has 1 aliphatic carbocycles. The summed E-state index contributed by atoms with van der Waals surface area (Å²) in [6, 6.07) is 10.3. The maximum Gasteiger partial charge on any atom is 0.137 e. The number of benzene rings is 1. The van der Waals surface area contributed by atoms with Crippen molar-refractivity contribution >= 4 is 17.1 Å². The molecule has 0 atom stereocenters. The molecular weight excluding hydrogens is 388 g/mol. The van der Waals surface area contributed by atoms with Gasteiger partial charge in [0.1, 0.15) is 17.5 Å². The summed E-state index contributed by atoms with van der Waals surface area (Å²) in [6.07, 6.45) is 10.6. The minimum Gasteiger partial charge on any atom is -0.492 e. The van der Waals surface area contributed by atoms with Crippen LogP contribution < -0.4 is 4.74 Å². The molecule has 0 spiro atoms. The van der Waals surface area contributed by atoms with Gasteiger partial charge in [0.2, 0.25) is 0 Å². The van der Waals surface area contributed by atoms with Crippen LogP contribution in [0.5, 0.6) is 5.75 Å². The smallest absolute Gasteiger partial charge is 0.137 e. The van der Waals surface area contributed by atoms with Crippen molar-refractivity contribution in [1.82, 2.24) is 14.9 Å². The number of nitrogens with one attached hydrogen (secondary N) is 1. The molecule has 1 saturated carbocycles. The lowest BCUT2D eigenvalue weighted by atomic mass is 10.0. The first-order valence-electron chi connectivity index (χ1n) is 10.9. The van der Waals surface area contributed by atoms with Crippen molar-refractivity contribution in [2.75, 3.05) is 39.5 Å². The zero-order valence-electron chi connectivity index (χ0n) is 17.5. The molecule has 1 saturated heterocycles. The van der Waals surface area contributed by atoms with Crippen LogP contribution in [0.15, 0.2) is 42.7 Å². The van der Waals surface area contributed by atoms with Crippen LogP contribution in [0.1, 0.15) is 24.0 Å². The highest BCUT2D eigenvalue weighted by Crippen LogP contribution is 2.33. The van der Waals surface area contributed by atoms with Gasteiger partial charge in [0, 0.05) is 43.0 Å². The molecule has 6 heteroatoms. The van der Waals surface area contributed by atoms with Crippen molar-refractivity contribution in [1.29, 1.82) is 5.26 Å². The molecule has 1 aliphatic heterocycles. The van der Waals surface area contributed by atoms with E-state index in [1.807, 2.05) is 30.6 Å². The van der Waals surface area contributed by atoms with Gasteiger partial charge in [0.25, 0.3) is 0 Å². The van der Waals surface area contributed by atoms with Crippen molar-refractivity contribution in [2.45, 2.75) is 12.8 Å². The molecule has 5 rings (SSSR count). The fraction of sp³-hybridized carbons (Fsp3) is 0.360. The summed E-state index contributed by atoms with van der Waals surface area (Å²) in [6.45, 7) is 5.18. The van der Waals surface area contributed by atoms with E-state index in [9.17, 15) is 5.26 Å². The van der Waals surface area contributed by atoms with E-state index in [2.05, 4.69) is 39.2 Å². The Kier molecular flexibility index (Phi) is 5.70. The second kappa shape index (κ2) is 8.93. The highest BCUT2D eigenvalue weighted by molar-refractivity contribution is 5.95. The Balaban J connectivity index is 1.37. The zero-order chi connectivity index (χ0) is 21.0. The zero-order valence-corrected chi connectivity index (χ0v) is 17.5. The van der Waals surface area contributed by atoms with Crippen LogP contribution in [0.2, 0.25) is 0 Å². The number of nitriles is 1. The first-order chi connectivity index (χ1) is 15.3. The average Bonchev–Trinajstić information content (AvgIpc) is 3.55. The molecule has 3 heterocycles. The van der Waals surface area contributed by atoms with Crippen molar-refractivity contribution < 1.29 is 9.47 Å². The van der Waals surface area contributed by atoms with E-state index < -0.39 is 0 Å². The largest absolute Gasteiger partial charge is 0.492 e. The molecule has 2 aromatic heterocycles. The van der Waals surface area contributed by atoms with Gasteiger partial charge in [-0.3, -0.25) is 4.90 Å². The maximum absolute atomic E-state index is 9.61.